The fourth-order valence-electron chi connectivity index (χ4n) is 3.25. The molecule has 0 fully saturated rings. The van der Waals surface area contributed by atoms with Crippen LogP contribution in [0.3, 0.4) is 0 Å². The van der Waals surface area contributed by atoms with Crippen molar-refractivity contribution in [1.82, 2.24) is 15.3 Å². The van der Waals surface area contributed by atoms with Gasteiger partial charge in [0.05, 0.1) is 12.1 Å². The van der Waals surface area contributed by atoms with Crippen molar-refractivity contribution in [3.05, 3.63) is 100 Å². The summed E-state index contributed by atoms with van der Waals surface area (Å²) in [6.45, 7) is -0.294. The number of fused-ring (bicyclic) bond motifs is 1. The van der Waals surface area contributed by atoms with E-state index in [1.807, 2.05) is 30.3 Å². The first kappa shape index (κ1) is 24.6. The molecule has 0 unspecified atom stereocenters. The summed E-state index contributed by atoms with van der Waals surface area (Å²) in [5.74, 6) is -0.957. The van der Waals surface area contributed by atoms with Gasteiger partial charge in [0.1, 0.15) is 11.6 Å². The van der Waals surface area contributed by atoms with Gasteiger partial charge < -0.3 is 10.1 Å². The standard InChI is InChI=1S/C26H20ClF2N3O2S/c1-34-24-10-8-19-25(27)17(13-31-26(19)32-24)7-9-23(33)30-14-20-21(28)11-18(12-22(20)29)35-15-16-5-3-2-4-6-16/h2-13H,14-15H2,1H3,(H,30,33). The Labute approximate surface area is 210 Å². The predicted molar refractivity (Wildman–Crippen MR) is 134 cm³/mol. The molecule has 2 heterocycles. The van der Waals surface area contributed by atoms with E-state index < -0.39 is 17.5 Å². The topological polar surface area (TPSA) is 64.1 Å². The maximum Gasteiger partial charge on any atom is 0.244 e. The Morgan fingerprint density at radius 1 is 1.14 bits per heavy atom. The van der Waals surface area contributed by atoms with Gasteiger partial charge in [-0.15, -0.1) is 11.8 Å². The van der Waals surface area contributed by atoms with E-state index in [1.54, 1.807) is 12.1 Å². The molecule has 0 bridgehead atoms. The minimum absolute atomic E-state index is 0.207. The fourth-order valence-corrected chi connectivity index (χ4v) is 4.40. The number of rotatable bonds is 8. The van der Waals surface area contributed by atoms with Gasteiger partial charge in [0, 0.05) is 52.0 Å². The first-order chi connectivity index (χ1) is 16.9. The van der Waals surface area contributed by atoms with Gasteiger partial charge in [-0.1, -0.05) is 41.9 Å². The molecule has 35 heavy (non-hydrogen) atoms. The Kier molecular flexibility index (Phi) is 7.94. The number of carbonyl (C=O) groups is 1. The number of hydrogen-bond donors (Lipinski definition) is 1. The maximum atomic E-state index is 14.5. The number of methoxy groups -OCH3 is 1. The molecular weight excluding hydrogens is 492 g/mol. The Balaban J connectivity index is 1.38. The summed E-state index contributed by atoms with van der Waals surface area (Å²) in [5, 5.41) is 3.47. The van der Waals surface area contributed by atoms with Crippen LogP contribution in [0.2, 0.25) is 5.02 Å². The lowest BCUT2D eigenvalue weighted by Crippen LogP contribution is -2.21. The molecule has 0 spiro atoms. The molecule has 2 aromatic heterocycles. The summed E-state index contributed by atoms with van der Waals surface area (Å²) in [4.78, 5) is 21.2. The molecular formula is C26H20ClF2N3O2S. The van der Waals surface area contributed by atoms with Crippen LogP contribution in [0.4, 0.5) is 8.78 Å². The highest BCUT2D eigenvalue weighted by molar-refractivity contribution is 7.98. The average molecular weight is 512 g/mol. The highest BCUT2D eigenvalue weighted by atomic mass is 35.5. The third-order valence-corrected chi connectivity index (χ3v) is 6.56. The quantitative estimate of drug-likeness (QED) is 0.226. The third kappa shape index (κ3) is 6.15. The largest absolute Gasteiger partial charge is 0.481 e. The van der Waals surface area contributed by atoms with E-state index in [0.717, 1.165) is 5.56 Å². The zero-order chi connectivity index (χ0) is 24.8. The van der Waals surface area contributed by atoms with Gasteiger partial charge in [0.2, 0.25) is 11.8 Å². The molecule has 0 saturated heterocycles. The number of ether oxygens (including phenoxy) is 1. The van der Waals surface area contributed by atoms with Crippen LogP contribution in [-0.2, 0) is 17.1 Å². The van der Waals surface area contributed by atoms with Crippen molar-refractivity contribution in [1.29, 1.82) is 0 Å². The monoisotopic (exact) mass is 511 g/mol. The van der Waals surface area contributed by atoms with Crippen LogP contribution in [0.15, 0.2) is 71.8 Å². The number of halogens is 3. The number of carbonyl (C=O) groups excluding carboxylic acids is 1. The summed E-state index contributed by atoms with van der Waals surface area (Å²) < 4.78 is 34.1. The second-order valence-electron chi connectivity index (χ2n) is 7.44. The Morgan fingerprint density at radius 3 is 2.60 bits per heavy atom. The van der Waals surface area contributed by atoms with Crippen LogP contribution in [0, 0.1) is 11.6 Å². The van der Waals surface area contributed by atoms with E-state index in [2.05, 4.69) is 15.3 Å². The van der Waals surface area contributed by atoms with E-state index in [0.29, 0.717) is 38.1 Å². The average Bonchev–Trinajstić information content (AvgIpc) is 2.87. The molecule has 1 N–H and O–H groups in total. The first-order valence-corrected chi connectivity index (χ1v) is 11.9. The molecule has 1 amide bonds. The second kappa shape index (κ2) is 11.3. The van der Waals surface area contributed by atoms with Gasteiger partial charge in [-0.05, 0) is 29.8 Å². The highest BCUT2D eigenvalue weighted by Crippen LogP contribution is 2.28. The summed E-state index contributed by atoms with van der Waals surface area (Å²) in [5.41, 5.74) is 1.76. The Bertz CT molecular complexity index is 1380. The smallest absolute Gasteiger partial charge is 0.244 e. The van der Waals surface area contributed by atoms with Crippen LogP contribution in [0.25, 0.3) is 17.1 Å². The zero-order valence-corrected chi connectivity index (χ0v) is 20.2. The Morgan fingerprint density at radius 2 is 1.89 bits per heavy atom. The number of aromatic nitrogens is 2. The van der Waals surface area contributed by atoms with Crippen molar-refractivity contribution >= 4 is 46.4 Å². The minimum Gasteiger partial charge on any atom is -0.481 e. The lowest BCUT2D eigenvalue weighted by Gasteiger charge is -2.09. The van der Waals surface area contributed by atoms with Crippen LogP contribution < -0.4 is 10.1 Å². The van der Waals surface area contributed by atoms with Crippen molar-refractivity contribution in [3.63, 3.8) is 0 Å². The molecule has 0 saturated carbocycles. The van der Waals surface area contributed by atoms with Crippen molar-refractivity contribution in [2.75, 3.05) is 7.11 Å². The van der Waals surface area contributed by atoms with Crippen molar-refractivity contribution in [2.45, 2.75) is 17.2 Å². The second-order valence-corrected chi connectivity index (χ2v) is 8.87. The minimum atomic E-state index is -0.713. The number of pyridine rings is 2. The number of hydrogen-bond acceptors (Lipinski definition) is 5. The normalized spacial score (nSPS) is 11.2. The van der Waals surface area contributed by atoms with Crippen molar-refractivity contribution in [2.24, 2.45) is 0 Å². The summed E-state index contributed by atoms with van der Waals surface area (Å²) >= 11 is 7.75. The van der Waals surface area contributed by atoms with Crippen molar-refractivity contribution < 1.29 is 18.3 Å². The molecule has 0 atom stereocenters. The summed E-state index contributed by atoms with van der Waals surface area (Å²) in [6, 6.07) is 15.6. The molecule has 5 nitrogen and oxygen atoms in total. The number of benzene rings is 2. The summed E-state index contributed by atoms with van der Waals surface area (Å²) in [6.07, 6.45) is 4.18. The molecule has 0 aliphatic carbocycles. The number of nitrogens with zero attached hydrogens (tertiary/aromatic N) is 2. The molecule has 4 aromatic rings. The molecule has 0 aliphatic heterocycles. The van der Waals surface area contributed by atoms with E-state index >= 15 is 0 Å². The first-order valence-electron chi connectivity index (χ1n) is 10.5. The van der Waals surface area contributed by atoms with Crippen LogP contribution in [-0.4, -0.2) is 23.0 Å². The lowest BCUT2D eigenvalue weighted by atomic mass is 10.2. The predicted octanol–water partition coefficient (Wildman–Crippen LogP) is 6.19. The zero-order valence-electron chi connectivity index (χ0n) is 18.6. The summed E-state index contributed by atoms with van der Waals surface area (Å²) in [7, 11) is 1.50. The fraction of sp³-hybridized carbons (Fsp3) is 0.115. The number of thioether (sulfide) groups is 1. The molecule has 0 aliphatic rings. The molecule has 4 rings (SSSR count). The van der Waals surface area contributed by atoms with Gasteiger partial charge >= 0.3 is 0 Å². The van der Waals surface area contributed by atoms with Crippen molar-refractivity contribution in [3.8, 4) is 5.88 Å². The Hall–Kier alpha value is -3.49. The third-order valence-electron chi connectivity index (χ3n) is 5.09. The van der Waals surface area contributed by atoms with E-state index in [1.165, 1.54) is 49.4 Å². The lowest BCUT2D eigenvalue weighted by molar-refractivity contribution is -0.116. The highest BCUT2D eigenvalue weighted by Gasteiger charge is 2.13. The SMILES string of the molecule is COc1ccc2c(Cl)c(C=CC(=O)NCc3c(F)cc(SCc4ccccc4)cc3F)cnc2n1. The molecule has 178 valence electrons. The molecule has 9 heteroatoms. The van der Waals surface area contributed by atoms with Crippen LogP contribution >= 0.6 is 23.4 Å². The van der Waals surface area contributed by atoms with Crippen LogP contribution in [0.5, 0.6) is 5.88 Å². The van der Waals surface area contributed by atoms with E-state index in [-0.39, 0.29) is 12.1 Å². The van der Waals surface area contributed by atoms with Gasteiger partial charge in [0.15, 0.2) is 5.65 Å². The van der Waals surface area contributed by atoms with Gasteiger partial charge in [-0.3, -0.25) is 4.79 Å². The molecule has 2 aromatic carbocycles. The van der Waals surface area contributed by atoms with Crippen LogP contribution in [0.1, 0.15) is 16.7 Å². The van der Waals surface area contributed by atoms with Gasteiger partial charge in [-0.25, -0.2) is 13.8 Å². The van der Waals surface area contributed by atoms with Gasteiger partial charge in [0.25, 0.3) is 0 Å². The van der Waals surface area contributed by atoms with Gasteiger partial charge in [-0.2, -0.15) is 4.98 Å². The number of nitrogens with one attached hydrogen (secondary N) is 1. The molecule has 0 radical (unpaired) electrons. The number of amides is 1. The maximum absolute atomic E-state index is 14.5. The van der Waals surface area contributed by atoms with E-state index in [4.69, 9.17) is 16.3 Å². The van der Waals surface area contributed by atoms with E-state index in [9.17, 15) is 13.6 Å².